The molecule has 0 N–H and O–H groups in total. The first-order chi connectivity index (χ1) is 13.0. The van der Waals surface area contributed by atoms with Crippen LogP contribution in [-0.4, -0.2) is 24.6 Å². The Bertz CT molecular complexity index is 722. The van der Waals surface area contributed by atoms with Gasteiger partial charge in [0.25, 0.3) is 0 Å². The van der Waals surface area contributed by atoms with Crippen LogP contribution in [-0.2, 0) is 0 Å². The summed E-state index contributed by atoms with van der Waals surface area (Å²) >= 11 is 8.58. The van der Waals surface area contributed by atoms with Gasteiger partial charge in [0.05, 0.1) is 20.9 Å². The van der Waals surface area contributed by atoms with E-state index in [1.54, 1.807) is 12.1 Å². The molecule has 1 aromatic rings. The van der Waals surface area contributed by atoms with Gasteiger partial charge in [0, 0.05) is 19.2 Å². The molecule has 3 rings (SSSR count). The van der Waals surface area contributed by atoms with Gasteiger partial charge in [0.2, 0.25) is 0 Å². The molecule has 1 fully saturated rings. The summed E-state index contributed by atoms with van der Waals surface area (Å²) in [5, 5.41) is 9.43. The quantitative estimate of drug-likeness (QED) is 0.348. The Hall–Kier alpha value is -0.930. The van der Waals surface area contributed by atoms with E-state index in [0.29, 0.717) is 22.5 Å². The van der Waals surface area contributed by atoms with Crippen molar-refractivity contribution in [2.45, 2.75) is 51.5 Å². The van der Waals surface area contributed by atoms with E-state index in [2.05, 4.69) is 53.6 Å². The minimum Gasteiger partial charge on any atom is -0.493 e. The molecule has 1 aliphatic carbocycles. The molecule has 0 radical (unpaired) electrons. The van der Waals surface area contributed by atoms with Gasteiger partial charge in [-0.3, -0.25) is 0 Å². The molecular formula is C22H28ClIN2O. The van der Waals surface area contributed by atoms with Gasteiger partial charge in [-0.2, -0.15) is 5.26 Å². The van der Waals surface area contributed by atoms with E-state index >= 15 is 0 Å². The molecule has 5 heteroatoms. The lowest BCUT2D eigenvalue weighted by Crippen LogP contribution is -2.45. The largest absolute Gasteiger partial charge is 0.493 e. The SMILES string of the molecule is CCC1CC=C(I)N(C)[C@@H]1C1CCC(COc2ccc(C#N)c(Cl)c2)CC1. The van der Waals surface area contributed by atoms with Crippen LogP contribution < -0.4 is 4.74 Å². The molecule has 3 nitrogen and oxygen atoms in total. The second-order valence-electron chi connectivity index (χ2n) is 7.88. The zero-order chi connectivity index (χ0) is 19.4. The molecule has 0 bridgehead atoms. The molecule has 2 atom stereocenters. The van der Waals surface area contributed by atoms with Gasteiger partial charge in [-0.25, -0.2) is 0 Å². The van der Waals surface area contributed by atoms with E-state index in [9.17, 15) is 0 Å². The summed E-state index contributed by atoms with van der Waals surface area (Å²) in [7, 11) is 2.27. The molecule has 0 saturated heterocycles. The summed E-state index contributed by atoms with van der Waals surface area (Å²) < 4.78 is 7.38. The first-order valence-electron chi connectivity index (χ1n) is 9.94. The molecule has 1 aromatic carbocycles. The lowest BCUT2D eigenvalue weighted by atomic mass is 9.72. The van der Waals surface area contributed by atoms with E-state index in [-0.39, 0.29) is 0 Å². The average Bonchev–Trinajstić information content (AvgIpc) is 2.69. The van der Waals surface area contributed by atoms with Gasteiger partial charge in [0.15, 0.2) is 0 Å². The Balaban J connectivity index is 1.52. The summed E-state index contributed by atoms with van der Waals surface area (Å²) in [6, 6.07) is 8.09. The Morgan fingerprint density at radius 1 is 1.30 bits per heavy atom. The van der Waals surface area contributed by atoms with Crippen LogP contribution in [0.25, 0.3) is 0 Å². The van der Waals surface area contributed by atoms with Crippen molar-refractivity contribution in [2.75, 3.05) is 13.7 Å². The normalized spacial score (nSPS) is 28.4. The smallest absolute Gasteiger partial charge is 0.120 e. The zero-order valence-electron chi connectivity index (χ0n) is 16.1. The molecule has 27 heavy (non-hydrogen) atoms. The standard InChI is InChI=1S/C22H28ClIN2O/c1-3-16-9-11-21(24)26(2)22(16)17-6-4-15(5-7-17)14-27-19-10-8-18(13-25)20(23)12-19/h8,10-12,15-17,22H,3-7,9,14H2,1-2H3/t15?,16?,17?,22-/m0/s1. The van der Waals surface area contributed by atoms with Crippen LogP contribution in [0.2, 0.25) is 5.02 Å². The molecule has 0 aromatic heterocycles. The number of hydrogen-bond acceptors (Lipinski definition) is 3. The van der Waals surface area contributed by atoms with Crippen LogP contribution in [0.3, 0.4) is 0 Å². The van der Waals surface area contributed by atoms with E-state index < -0.39 is 0 Å². The number of rotatable bonds is 5. The zero-order valence-corrected chi connectivity index (χ0v) is 19.0. The van der Waals surface area contributed by atoms with Crippen LogP contribution in [0.15, 0.2) is 28.0 Å². The third-order valence-corrected chi connectivity index (χ3v) is 7.82. The first kappa shape index (κ1) is 20.8. The van der Waals surface area contributed by atoms with Crippen LogP contribution in [0.1, 0.15) is 51.0 Å². The average molecular weight is 499 g/mol. The van der Waals surface area contributed by atoms with E-state index in [0.717, 1.165) is 24.2 Å². The van der Waals surface area contributed by atoms with Crippen LogP contribution in [0.5, 0.6) is 5.75 Å². The predicted octanol–water partition coefficient (Wildman–Crippen LogP) is 6.40. The molecule has 146 valence electrons. The monoisotopic (exact) mass is 498 g/mol. The highest BCUT2D eigenvalue weighted by Crippen LogP contribution is 2.41. The minimum absolute atomic E-state index is 0.465. The van der Waals surface area contributed by atoms with Gasteiger partial charge in [-0.15, -0.1) is 0 Å². The van der Waals surface area contributed by atoms with E-state index in [1.165, 1.54) is 42.2 Å². The van der Waals surface area contributed by atoms with Crippen LogP contribution >= 0.6 is 34.2 Å². The summed E-state index contributed by atoms with van der Waals surface area (Å²) in [5.41, 5.74) is 0.496. The van der Waals surface area contributed by atoms with Crippen molar-refractivity contribution >= 4 is 34.2 Å². The molecule has 1 heterocycles. The first-order valence-corrected chi connectivity index (χ1v) is 11.4. The third kappa shape index (κ3) is 4.92. The number of allylic oxidation sites excluding steroid dienone is 1. The molecule has 0 spiro atoms. The van der Waals surface area contributed by atoms with Crippen LogP contribution in [0, 0.1) is 29.1 Å². The van der Waals surface area contributed by atoms with Gasteiger partial charge >= 0.3 is 0 Å². The van der Waals surface area contributed by atoms with Crippen molar-refractivity contribution < 1.29 is 4.74 Å². The number of nitriles is 1. The van der Waals surface area contributed by atoms with E-state index in [4.69, 9.17) is 21.6 Å². The van der Waals surface area contributed by atoms with Crippen molar-refractivity contribution in [1.82, 2.24) is 4.90 Å². The fraction of sp³-hybridized carbons (Fsp3) is 0.591. The highest BCUT2D eigenvalue weighted by molar-refractivity contribution is 14.1. The number of halogens is 2. The van der Waals surface area contributed by atoms with Gasteiger partial charge < -0.3 is 9.64 Å². The molecule has 2 aliphatic rings. The van der Waals surface area contributed by atoms with E-state index in [1.807, 2.05) is 6.07 Å². The van der Waals surface area contributed by atoms with Crippen molar-refractivity contribution in [2.24, 2.45) is 17.8 Å². The number of ether oxygens (including phenoxy) is 1. The number of nitrogens with zero attached hydrogens (tertiary/aromatic N) is 2. The molecule has 1 saturated carbocycles. The second kappa shape index (κ2) is 9.52. The van der Waals surface area contributed by atoms with Crippen molar-refractivity contribution in [3.05, 3.63) is 38.6 Å². The Kier molecular flexibility index (Phi) is 7.33. The van der Waals surface area contributed by atoms with Crippen LogP contribution in [0.4, 0.5) is 0 Å². The molecular weight excluding hydrogens is 471 g/mol. The Morgan fingerprint density at radius 3 is 2.67 bits per heavy atom. The lowest BCUT2D eigenvalue weighted by molar-refractivity contribution is 0.0891. The number of benzene rings is 1. The molecule has 1 aliphatic heterocycles. The van der Waals surface area contributed by atoms with Gasteiger partial charge in [0.1, 0.15) is 11.8 Å². The van der Waals surface area contributed by atoms with Gasteiger partial charge in [-0.1, -0.05) is 31.0 Å². The van der Waals surface area contributed by atoms with Crippen molar-refractivity contribution in [3.63, 3.8) is 0 Å². The molecule has 1 unspecified atom stereocenters. The highest BCUT2D eigenvalue weighted by Gasteiger charge is 2.36. The summed E-state index contributed by atoms with van der Waals surface area (Å²) in [5.74, 6) is 2.95. The fourth-order valence-corrected chi connectivity index (χ4v) is 5.48. The maximum Gasteiger partial charge on any atom is 0.120 e. The summed E-state index contributed by atoms with van der Waals surface area (Å²) in [6.07, 6.45) is 9.93. The summed E-state index contributed by atoms with van der Waals surface area (Å²) in [4.78, 5) is 2.53. The maximum atomic E-state index is 8.96. The second-order valence-corrected chi connectivity index (χ2v) is 9.39. The molecule has 0 amide bonds. The van der Waals surface area contributed by atoms with Crippen molar-refractivity contribution in [3.8, 4) is 11.8 Å². The summed E-state index contributed by atoms with van der Waals surface area (Å²) in [6.45, 7) is 3.07. The third-order valence-electron chi connectivity index (χ3n) is 6.30. The number of hydrogen-bond donors (Lipinski definition) is 0. The predicted molar refractivity (Wildman–Crippen MR) is 119 cm³/mol. The van der Waals surface area contributed by atoms with Crippen molar-refractivity contribution in [1.29, 1.82) is 5.26 Å². The fourth-order valence-electron chi connectivity index (χ4n) is 4.69. The minimum atomic E-state index is 0.465. The Morgan fingerprint density at radius 2 is 2.04 bits per heavy atom. The van der Waals surface area contributed by atoms with Gasteiger partial charge in [-0.05, 0) is 84.6 Å². The highest BCUT2D eigenvalue weighted by atomic mass is 127. The topological polar surface area (TPSA) is 36.3 Å². The maximum absolute atomic E-state index is 8.96. The lowest BCUT2D eigenvalue weighted by Gasteiger charge is -2.45. The Labute approximate surface area is 181 Å².